The molecule has 0 aliphatic heterocycles. The van der Waals surface area contributed by atoms with Gasteiger partial charge in [0.2, 0.25) is 5.91 Å². The van der Waals surface area contributed by atoms with Crippen LogP contribution in [0.2, 0.25) is 0 Å². The maximum atomic E-state index is 12.4. The number of hydrogen-bond donors (Lipinski definition) is 1. The van der Waals surface area contributed by atoms with E-state index < -0.39 is 0 Å². The molecule has 0 saturated carbocycles. The summed E-state index contributed by atoms with van der Waals surface area (Å²) in [6.45, 7) is 4.05. The Morgan fingerprint density at radius 3 is 2.14 bits per heavy atom. The van der Waals surface area contributed by atoms with Crippen LogP contribution in [0.15, 0.2) is 72.8 Å². The number of carbonyl (C=O) groups excluding carboxylic acids is 2. The fourth-order valence-corrected chi connectivity index (χ4v) is 3.53. The predicted molar refractivity (Wildman–Crippen MR) is 118 cm³/mol. The third-order valence-electron chi connectivity index (χ3n) is 4.57. The first-order valence-electron chi connectivity index (χ1n) is 9.16. The number of rotatable bonds is 7. The monoisotopic (exact) mass is 389 g/mol. The second-order valence-corrected chi connectivity index (χ2v) is 7.69. The summed E-state index contributed by atoms with van der Waals surface area (Å²) in [6, 6.07) is 23.5. The molecule has 142 valence electrons. The van der Waals surface area contributed by atoms with E-state index in [4.69, 9.17) is 0 Å². The van der Waals surface area contributed by atoms with E-state index in [1.807, 2.05) is 86.6 Å². The SMILES string of the molecule is Cc1ccc(NC(=O)CSCC(=O)c2ccc(-c3ccccc3)cc2)cc1C. The van der Waals surface area contributed by atoms with Gasteiger partial charge in [-0.05, 0) is 48.2 Å². The van der Waals surface area contributed by atoms with Gasteiger partial charge in [0.05, 0.1) is 11.5 Å². The van der Waals surface area contributed by atoms with Gasteiger partial charge in [0, 0.05) is 11.3 Å². The zero-order valence-corrected chi connectivity index (χ0v) is 16.9. The molecule has 4 heteroatoms. The van der Waals surface area contributed by atoms with Crippen molar-refractivity contribution in [2.75, 3.05) is 16.8 Å². The van der Waals surface area contributed by atoms with Crippen LogP contribution in [0.3, 0.4) is 0 Å². The van der Waals surface area contributed by atoms with Gasteiger partial charge in [-0.2, -0.15) is 0 Å². The summed E-state index contributed by atoms with van der Waals surface area (Å²) in [6.07, 6.45) is 0. The van der Waals surface area contributed by atoms with Gasteiger partial charge in [-0.1, -0.05) is 60.7 Å². The number of nitrogens with one attached hydrogen (secondary N) is 1. The molecule has 0 aliphatic rings. The van der Waals surface area contributed by atoms with Crippen LogP contribution in [0.25, 0.3) is 11.1 Å². The van der Waals surface area contributed by atoms with Crippen LogP contribution in [0.5, 0.6) is 0 Å². The summed E-state index contributed by atoms with van der Waals surface area (Å²) < 4.78 is 0. The zero-order chi connectivity index (χ0) is 19.9. The number of thioether (sulfide) groups is 1. The average molecular weight is 390 g/mol. The molecule has 3 aromatic rings. The highest BCUT2D eigenvalue weighted by molar-refractivity contribution is 8.00. The van der Waals surface area contributed by atoms with E-state index in [1.165, 1.54) is 17.3 Å². The zero-order valence-electron chi connectivity index (χ0n) is 16.1. The van der Waals surface area contributed by atoms with Crippen molar-refractivity contribution in [3.05, 3.63) is 89.5 Å². The van der Waals surface area contributed by atoms with Crippen LogP contribution in [-0.2, 0) is 4.79 Å². The summed E-state index contributed by atoms with van der Waals surface area (Å²) >= 11 is 1.33. The first-order chi connectivity index (χ1) is 13.5. The number of carbonyl (C=O) groups is 2. The number of benzene rings is 3. The molecule has 3 nitrogen and oxygen atoms in total. The van der Waals surface area contributed by atoms with E-state index in [2.05, 4.69) is 5.32 Å². The summed E-state index contributed by atoms with van der Waals surface area (Å²) in [5.74, 6) is 0.468. The molecule has 0 saturated heterocycles. The maximum Gasteiger partial charge on any atom is 0.234 e. The van der Waals surface area contributed by atoms with Crippen LogP contribution in [0.4, 0.5) is 5.69 Å². The van der Waals surface area contributed by atoms with Gasteiger partial charge in [-0.15, -0.1) is 11.8 Å². The number of ketones is 1. The minimum Gasteiger partial charge on any atom is -0.325 e. The molecule has 1 amide bonds. The largest absolute Gasteiger partial charge is 0.325 e. The number of Topliss-reactive ketones (excluding diaryl/α,β-unsaturated/α-hetero) is 1. The smallest absolute Gasteiger partial charge is 0.234 e. The highest BCUT2D eigenvalue weighted by Crippen LogP contribution is 2.20. The third-order valence-corrected chi connectivity index (χ3v) is 5.50. The summed E-state index contributed by atoms with van der Waals surface area (Å²) in [5, 5.41) is 2.88. The van der Waals surface area contributed by atoms with Gasteiger partial charge in [-0.25, -0.2) is 0 Å². The van der Waals surface area contributed by atoms with E-state index in [0.29, 0.717) is 5.56 Å². The van der Waals surface area contributed by atoms with Gasteiger partial charge in [-0.3, -0.25) is 9.59 Å². The van der Waals surface area contributed by atoms with E-state index >= 15 is 0 Å². The topological polar surface area (TPSA) is 46.2 Å². The van der Waals surface area contributed by atoms with Gasteiger partial charge in [0.25, 0.3) is 0 Å². The molecule has 28 heavy (non-hydrogen) atoms. The number of hydrogen-bond acceptors (Lipinski definition) is 3. The first-order valence-corrected chi connectivity index (χ1v) is 10.3. The second-order valence-electron chi connectivity index (χ2n) is 6.71. The van der Waals surface area contributed by atoms with Crippen molar-refractivity contribution < 1.29 is 9.59 Å². The Morgan fingerprint density at radius 2 is 1.46 bits per heavy atom. The molecule has 3 rings (SSSR count). The minimum atomic E-state index is -0.0968. The molecular formula is C24H23NO2S. The van der Waals surface area contributed by atoms with Crippen molar-refractivity contribution in [2.45, 2.75) is 13.8 Å². The summed E-state index contributed by atoms with van der Waals surface area (Å²) in [4.78, 5) is 24.4. The Kier molecular flexibility index (Phi) is 6.66. The molecule has 0 unspecified atom stereocenters. The van der Waals surface area contributed by atoms with Crippen molar-refractivity contribution >= 4 is 29.1 Å². The molecule has 1 N–H and O–H groups in total. The Bertz CT molecular complexity index is 966. The third kappa shape index (κ3) is 5.33. The fourth-order valence-electron chi connectivity index (χ4n) is 2.82. The Hall–Kier alpha value is -2.85. The first kappa shape index (κ1) is 19.9. The quantitative estimate of drug-likeness (QED) is 0.541. The molecule has 3 aromatic carbocycles. The lowest BCUT2D eigenvalue weighted by molar-refractivity contribution is -0.113. The van der Waals surface area contributed by atoms with Crippen molar-refractivity contribution in [3.8, 4) is 11.1 Å². The predicted octanol–water partition coefficient (Wildman–Crippen LogP) is 5.53. The standard InChI is InChI=1S/C24H23NO2S/c1-17-8-13-22(14-18(17)2)25-24(27)16-28-15-23(26)21-11-9-20(10-12-21)19-6-4-3-5-7-19/h3-14H,15-16H2,1-2H3,(H,25,27). The lowest BCUT2D eigenvalue weighted by Gasteiger charge is -2.08. The minimum absolute atomic E-state index is 0.0311. The summed E-state index contributed by atoms with van der Waals surface area (Å²) in [5.41, 5.74) is 5.99. The van der Waals surface area contributed by atoms with E-state index in [-0.39, 0.29) is 23.2 Å². The molecule has 0 atom stereocenters. The molecule has 0 aromatic heterocycles. The van der Waals surface area contributed by atoms with Crippen LogP contribution >= 0.6 is 11.8 Å². The second kappa shape index (κ2) is 9.38. The van der Waals surface area contributed by atoms with Gasteiger partial charge >= 0.3 is 0 Å². The van der Waals surface area contributed by atoms with Crippen molar-refractivity contribution in [1.29, 1.82) is 0 Å². The van der Waals surface area contributed by atoms with E-state index in [9.17, 15) is 9.59 Å². The number of amides is 1. The average Bonchev–Trinajstić information content (AvgIpc) is 2.71. The Labute approximate surface area is 170 Å². The van der Waals surface area contributed by atoms with Gasteiger partial charge in [0.15, 0.2) is 5.78 Å². The molecule has 0 fully saturated rings. The molecule has 0 aliphatic carbocycles. The molecular weight excluding hydrogens is 366 g/mol. The number of anilines is 1. The summed E-state index contributed by atoms with van der Waals surface area (Å²) in [7, 11) is 0. The van der Waals surface area contributed by atoms with Crippen LogP contribution in [0, 0.1) is 13.8 Å². The normalized spacial score (nSPS) is 10.5. The lowest BCUT2D eigenvalue weighted by Crippen LogP contribution is -2.15. The molecule has 0 spiro atoms. The van der Waals surface area contributed by atoms with Crippen molar-refractivity contribution in [1.82, 2.24) is 0 Å². The Morgan fingerprint density at radius 1 is 0.786 bits per heavy atom. The Balaban J connectivity index is 1.48. The highest BCUT2D eigenvalue weighted by atomic mass is 32.2. The van der Waals surface area contributed by atoms with Crippen LogP contribution in [0.1, 0.15) is 21.5 Å². The lowest BCUT2D eigenvalue weighted by atomic mass is 10.0. The van der Waals surface area contributed by atoms with E-state index in [0.717, 1.165) is 22.4 Å². The van der Waals surface area contributed by atoms with Crippen molar-refractivity contribution in [2.24, 2.45) is 0 Å². The maximum absolute atomic E-state index is 12.4. The van der Waals surface area contributed by atoms with Gasteiger partial charge in [0.1, 0.15) is 0 Å². The van der Waals surface area contributed by atoms with E-state index in [1.54, 1.807) is 0 Å². The highest BCUT2D eigenvalue weighted by Gasteiger charge is 2.09. The fraction of sp³-hybridized carbons (Fsp3) is 0.167. The van der Waals surface area contributed by atoms with Crippen LogP contribution < -0.4 is 5.32 Å². The van der Waals surface area contributed by atoms with Crippen molar-refractivity contribution in [3.63, 3.8) is 0 Å². The molecule has 0 heterocycles. The van der Waals surface area contributed by atoms with Crippen LogP contribution in [-0.4, -0.2) is 23.2 Å². The number of aryl methyl sites for hydroxylation is 2. The molecule has 0 radical (unpaired) electrons. The van der Waals surface area contributed by atoms with Gasteiger partial charge < -0.3 is 5.32 Å². The molecule has 0 bridgehead atoms.